The average molecular weight is 265 g/mol. The summed E-state index contributed by atoms with van der Waals surface area (Å²) in [6, 6.07) is 3.01. The van der Waals surface area contributed by atoms with Gasteiger partial charge in [-0.15, -0.1) is 0 Å². The van der Waals surface area contributed by atoms with Crippen molar-refractivity contribution in [1.82, 2.24) is 4.98 Å². The van der Waals surface area contributed by atoms with Crippen molar-refractivity contribution in [1.29, 1.82) is 0 Å². The number of rotatable bonds is 4. The van der Waals surface area contributed by atoms with Crippen molar-refractivity contribution in [2.45, 2.75) is 38.7 Å². The highest BCUT2D eigenvalue weighted by atomic mass is 16.6. The lowest BCUT2D eigenvalue weighted by Crippen LogP contribution is -2.28. The van der Waals surface area contributed by atoms with E-state index in [0.717, 1.165) is 19.3 Å². The Kier molecular flexibility index (Phi) is 4.19. The molecule has 6 nitrogen and oxygen atoms in total. The number of pyridine rings is 1. The molecule has 1 aromatic heterocycles. The first-order valence-corrected chi connectivity index (χ1v) is 6.61. The summed E-state index contributed by atoms with van der Waals surface area (Å²) >= 11 is 0. The quantitative estimate of drug-likeness (QED) is 0.669. The van der Waals surface area contributed by atoms with Crippen LogP contribution in [0.4, 0.5) is 11.5 Å². The first kappa shape index (κ1) is 13.6. The maximum absolute atomic E-state index is 11.0. The molecule has 0 radical (unpaired) electrons. The standard InChI is InChI=1S/C13H19N3O3/c1-9-5-3-4-6-11(9)19-13-10(16(17)18)7-8-12(14-2)15-13/h7-9,11H,3-6H2,1-2H3,(H,14,15). The first-order chi connectivity index (χ1) is 9.11. The van der Waals surface area contributed by atoms with Gasteiger partial charge >= 0.3 is 5.69 Å². The fourth-order valence-electron chi connectivity index (χ4n) is 2.40. The number of ether oxygens (including phenoxy) is 1. The lowest BCUT2D eigenvalue weighted by molar-refractivity contribution is -0.386. The van der Waals surface area contributed by atoms with Crippen molar-refractivity contribution >= 4 is 11.5 Å². The molecule has 1 aliphatic carbocycles. The summed E-state index contributed by atoms with van der Waals surface area (Å²) in [7, 11) is 1.72. The lowest BCUT2D eigenvalue weighted by atomic mass is 9.88. The minimum atomic E-state index is -0.449. The predicted molar refractivity (Wildman–Crippen MR) is 72.5 cm³/mol. The predicted octanol–water partition coefficient (Wildman–Crippen LogP) is 2.99. The molecule has 0 saturated heterocycles. The van der Waals surface area contributed by atoms with Gasteiger partial charge in [-0.3, -0.25) is 10.1 Å². The fraction of sp³-hybridized carbons (Fsp3) is 0.615. The molecule has 0 bridgehead atoms. The van der Waals surface area contributed by atoms with Crippen LogP contribution in [0.3, 0.4) is 0 Å². The van der Waals surface area contributed by atoms with Gasteiger partial charge in [-0.25, -0.2) is 0 Å². The zero-order valence-corrected chi connectivity index (χ0v) is 11.3. The molecular weight excluding hydrogens is 246 g/mol. The number of nitrogens with zero attached hydrogens (tertiary/aromatic N) is 2. The molecule has 1 aliphatic rings. The van der Waals surface area contributed by atoms with Gasteiger partial charge in [-0.1, -0.05) is 13.3 Å². The minimum absolute atomic E-state index is 0.0204. The Balaban J connectivity index is 2.23. The Morgan fingerprint density at radius 2 is 2.16 bits per heavy atom. The highest BCUT2D eigenvalue weighted by Gasteiger charge is 2.27. The Morgan fingerprint density at radius 3 is 2.79 bits per heavy atom. The van der Waals surface area contributed by atoms with Crippen LogP contribution >= 0.6 is 0 Å². The third-order valence-electron chi connectivity index (χ3n) is 3.59. The van der Waals surface area contributed by atoms with Crippen molar-refractivity contribution < 1.29 is 9.66 Å². The molecule has 6 heteroatoms. The summed E-state index contributed by atoms with van der Waals surface area (Å²) in [5.74, 6) is 1.10. The summed E-state index contributed by atoms with van der Waals surface area (Å²) in [5, 5.41) is 13.9. The van der Waals surface area contributed by atoms with E-state index in [0.29, 0.717) is 11.7 Å². The van der Waals surface area contributed by atoms with Crippen molar-refractivity contribution in [3.63, 3.8) is 0 Å². The lowest BCUT2D eigenvalue weighted by Gasteiger charge is -2.28. The average Bonchev–Trinajstić information content (AvgIpc) is 2.41. The van der Waals surface area contributed by atoms with Crippen molar-refractivity contribution in [3.8, 4) is 5.88 Å². The van der Waals surface area contributed by atoms with Crippen LogP contribution in [-0.4, -0.2) is 23.1 Å². The molecule has 1 saturated carbocycles. The maximum Gasteiger partial charge on any atom is 0.331 e. The Hall–Kier alpha value is -1.85. The normalized spacial score (nSPS) is 22.8. The molecule has 2 atom stereocenters. The summed E-state index contributed by atoms with van der Waals surface area (Å²) in [5.41, 5.74) is -0.0724. The topological polar surface area (TPSA) is 77.3 Å². The van der Waals surface area contributed by atoms with E-state index in [1.165, 1.54) is 12.5 Å². The number of hydrogen-bond donors (Lipinski definition) is 1. The Labute approximate surface area is 112 Å². The van der Waals surface area contributed by atoms with Gasteiger partial charge in [0.05, 0.1) is 4.92 Å². The van der Waals surface area contributed by atoms with E-state index in [1.807, 2.05) is 0 Å². The van der Waals surface area contributed by atoms with E-state index in [4.69, 9.17) is 4.74 Å². The third-order valence-corrected chi connectivity index (χ3v) is 3.59. The van der Waals surface area contributed by atoms with E-state index in [1.54, 1.807) is 13.1 Å². The SMILES string of the molecule is CNc1ccc([N+](=O)[O-])c(OC2CCCCC2C)n1. The van der Waals surface area contributed by atoms with E-state index in [9.17, 15) is 10.1 Å². The van der Waals surface area contributed by atoms with Crippen LogP contribution in [0, 0.1) is 16.0 Å². The third kappa shape index (κ3) is 3.13. The van der Waals surface area contributed by atoms with Gasteiger partial charge in [0.15, 0.2) is 0 Å². The molecule has 19 heavy (non-hydrogen) atoms. The molecule has 1 heterocycles. The Morgan fingerprint density at radius 1 is 1.42 bits per heavy atom. The van der Waals surface area contributed by atoms with Crippen molar-refractivity contribution in [3.05, 3.63) is 22.2 Å². The zero-order valence-electron chi connectivity index (χ0n) is 11.3. The van der Waals surface area contributed by atoms with Crippen LogP contribution < -0.4 is 10.1 Å². The van der Waals surface area contributed by atoms with E-state index in [-0.39, 0.29) is 17.7 Å². The van der Waals surface area contributed by atoms with Crippen LogP contribution in [0.5, 0.6) is 5.88 Å². The zero-order chi connectivity index (χ0) is 13.8. The van der Waals surface area contributed by atoms with Gasteiger partial charge in [0.25, 0.3) is 5.88 Å². The van der Waals surface area contributed by atoms with Crippen LogP contribution in [0.2, 0.25) is 0 Å². The van der Waals surface area contributed by atoms with Crippen LogP contribution in [-0.2, 0) is 0 Å². The summed E-state index contributed by atoms with van der Waals surface area (Å²) in [4.78, 5) is 14.7. The summed E-state index contributed by atoms with van der Waals surface area (Å²) < 4.78 is 5.81. The molecule has 0 spiro atoms. The second-order valence-corrected chi connectivity index (χ2v) is 4.95. The number of aromatic nitrogens is 1. The second kappa shape index (κ2) is 5.86. The van der Waals surface area contributed by atoms with Crippen molar-refractivity contribution in [2.24, 2.45) is 5.92 Å². The van der Waals surface area contributed by atoms with Gasteiger partial charge in [0.2, 0.25) is 0 Å². The fourth-order valence-corrected chi connectivity index (χ4v) is 2.40. The maximum atomic E-state index is 11.0. The molecule has 1 aromatic rings. The minimum Gasteiger partial charge on any atom is -0.469 e. The van der Waals surface area contributed by atoms with Gasteiger partial charge in [0, 0.05) is 13.1 Å². The number of anilines is 1. The van der Waals surface area contributed by atoms with Gasteiger partial charge in [0.1, 0.15) is 11.9 Å². The van der Waals surface area contributed by atoms with E-state index in [2.05, 4.69) is 17.2 Å². The van der Waals surface area contributed by atoms with Gasteiger partial charge in [-0.05, 0) is 31.2 Å². The summed E-state index contributed by atoms with van der Waals surface area (Å²) in [6.07, 6.45) is 4.36. The van der Waals surface area contributed by atoms with E-state index >= 15 is 0 Å². The van der Waals surface area contributed by atoms with Gasteiger partial charge in [-0.2, -0.15) is 4.98 Å². The molecule has 104 valence electrons. The number of nitro groups is 1. The van der Waals surface area contributed by atoms with Crippen LogP contribution in [0.15, 0.2) is 12.1 Å². The van der Waals surface area contributed by atoms with Crippen molar-refractivity contribution in [2.75, 3.05) is 12.4 Å². The van der Waals surface area contributed by atoms with Crippen LogP contribution in [0.25, 0.3) is 0 Å². The molecule has 0 aliphatic heterocycles. The van der Waals surface area contributed by atoms with Crippen LogP contribution in [0.1, 0.15) is 32.6 Å². The first-order valence-electron chi connectivity index (χ1n) is 6.61. The molecular formula is C13H19N3O3. The Bertz CT molecular complexity index is 464. The molecule has 2 rings (SSSR count). The largest absolute Gasteiger partial charge is 0.469 e. The molecule has 0 amide bonds. The van der Waals surface area contributed by atoms with E-state index < -0.39 is 4.92 Å². The second-order valence-electron chi connectivity index (χ2n) is 4.95. The number of hydrogen-bond acceptors (Lipinski definition) is 5. The molecule has 1 N–H and O–H groups in total. The molecule has 2 unspecified atom stereocenters. The smallest absolute Gasteiger partial charge is 0.331 e. The van der Waals surface area contributed by atoms with Gasteiger partial charge < -0.3 is 10.1 Å². The monoisotopic (exact) mass is 265 g/mol. The molecule has 0 aromatic carbocycles. The molecule has 1 fully saturated rings. The highest BCUT2D eigenvalue weighted by molar-refractivity contribution is 5.48. The number of nitrogens with one attached hydrogen (secondary N) is 1. The highest BCUT2D eigenvalue weighted by Crippen LogP contribution is 2.32. The summed E-state index contributed by atoms with van der Waals surface area (Å²) in [6.45, 7) is 2.12.